The van der Waals surface area contributed by atoms with Crippen LogP contribution < -0.4 is 4.74 Å². The summed E-state index contributed by atoms with van der Waals surface area (Å²) in [6, 6.07) is 15.5. The molecule has 2 aromatic rings. The number of methoxy groups -OCH3 is 1. The van der Waals surface area contributed by atoms with Crippen LogP contribution in [-0.2, 0) is 9.53 Å². The fourth-order valence-corrected chi connectivity index (χ4v) is 2.88. The lowest BCUT2D eigenvalue weighted by atomic mass is 9.82. The monoisotopic (exact) mass is 372 g/mol. The molecule has 2 aromatic carbocycles. The molecule has 0 aliphatic carbocycles. The largest absolute Gasteiger partial charge is 0.468 e. The van der Waals surface area contributed by atoms with Gasteiger partial charge >= 0.3 is 12.1 Å². The third kappa shape index (κ3) is 3.41. The van der Waals surface area contributed by atoms with E-state index in [1.165, 1.54) is 7.11 Å². The Bertz CT molecular complexity index is 852. The summed E-state index contributed by atoms with van der Waals surface area (Å²) in [7, 11) is 1.30. The van der Waals surface area contributed by atoms with E-state index in [1.807, 2.05) is 6.07 Å². The van der Waals surface area contributed by atoms with Gasteiger partial charge in [-0.2, -0.15) is 10.1 Å². The van der Waals surface area contributed by atoms with Crippen molar-refractivity contribution >= 4 is 29.4 Å². The molecule has 3 rings (SSSR count). The van der Waals surface area contributed by atoms with Gasteiger partial charge in [0.15, 0.2) is 0 Å². The standard InChI is InChI=1S/C19H17ClN2O4/c1-19(17(23)25-2)12-22(18(24)26-15-6-4-3-5-7-15)21-16(19)13-8-10-14(20)11-9-13/h3-11H,12H2,1-2H3/t19-/m0/s1. The van der Waals surface area contributed by atoms with Gasteiger partial charge < -0.3 is 9.47 Å². The van der Waals surface area contributed by atoms with Gasteiger partial charge in [0.05, 0.1) is 19.4 Å². The van der Waals surface area contributed by atoms with Crippen LogP contribution in [0.5, 0.6) is 5.75 Å². The molecule has 1 aliphatic rings. The molecule has 1 amide bonds. The van der Waals surface area contributed by atoms with E-state index in [0.717, 1.165) is 5.01 Å². The first kappa shape index (κ1) is 17.9. The molecule has 0 N–H and O–H groups in total. The molecule has 0 fully saturated rings. The van der Waals surface area contributed by atoms with E-state index >= 15 is 0 Å². The molecule has 134 valence electrons. The highest BCUT2D eigenvalue weighted by Gasteiger charge is 2.48. The van der Waals surface area contributed by atoms with Crippen molar-refractivity contribution in [1.82, 2.24) is 5.01 Å². The molecule has 7 heteroatoms. The quantitative estimate of drug-likeness (QED) is 0.770. The Hall–Kier alpha value is -2.86. The Kier molecular flexibility index (Phi) is 4.95. The normalized spacial score (nSPS) is 19.0. The number of amides is 1. The first-order valence-corrected chi connectivity index (χ1v) is 8.29. The Labute approximate surface area is 156 Å². The lowest BCUT2D eigenvalue weighted by molar-refractivity contribution is -0.147. The highest BCUT2D eigenvalue weighted by molar-refractivity contribution is 6.30. The third-order valence-electron chi connectivity index (χ3n) is 4.12. The molecule has 1 atom stereocenters. The van der Waals surface area contributed by atoms with Crippen molar-refractivity contribution < 1.29 is 19.1 Å². The molecule has 0 aromatic heterocycles. The molecule has 0 unspecified atom stereocenters. The van der Waals surface area contributed by atoms with E-state index < -0.39 is 17.5 Å². The molecular weight excluding hydrogens is 356 g/mol. The zero-order valence-corrected chi connectivity index (χ0v) is 15.1. The predicted octanol–water partition coefficient (Wildman–Crippen LogP) is 3.74. The Morgan fingerprint density at radius 1 is 1.12 bits per heavy atom. The van der Waals surface area contributed by atoms with Crippen LogP contribution in [0.4, 0.5) is 4.79 Å². The molecule has 0 spiro atoms. The maximum absolute atomic E-state index is 12.5. The number of nitrogens with zero attached hydrogens (tertiary/aromatic N) is 2. The molecule has 0 saturated heterocycles. The number of carbonyl (C=O) groups is 2. The van der Waals surface area contributed by atoms with Crippen LogP contribution in [0.25, 0.3) is 0 Å². The van der Waals surface area contributed by atoms with E-state index in [9.17, 15) is 9.59 Å². The molecule has 0 bridgehead atoms. The van der Waals surface area contributed by atoms with E-state index in [4.69, 9.17) is 21.1 Å². The van der Waals surface area contributed by atoms with E-state index in [0.29, 0.717) is 22.0 Å². The average molecular weight is 373 g/mol. The Morgan fingerprint density at radius 2 is 1.77 bits per heavy atom. The number of rotatable bonds is 3. The molecular formula is C19H17ClN2O4. The second-order valence-corrected chi connectivity index (χ2v) is 6.45. The van der Waals surface area contributed by atoms with Crippen LogP contribution >= 0.6 is 11.6 Å². The number of benzene rings is 2. The summed E-state index contributed by atoms with van der Waals surface area (Å²) in [5, 5.41) is 6.03. The van der Waals surface area contributed by atoms with Crippen LogP contribution in [0.3, 0.4) is 0 Å². The summed E-state index contributed by atoms with van der Waals surface area (Å²) in [6.07, 6.45) is -0.671. The summed E-state index contributed by atoms with van der Waals surface area (Å²) in [4.78, 5) is 24.9. The zero-order chi connectivity index (χ0) is 18.7. The summed E-state index contributed by atoms with van der Waals surface area (Å²) in [6.45, 7) is 1.70. The maximum atomic E-state index is 12.5. The third-order valence-corrected chi connectivity index (χ3v) is 4.37. The van der Waals surface area contributed by atoms with Gasteiger partial charge in [-0.15, -0.1) is 0 Å². The molecule has 0 saturated carbocycles. The van der Waals surface area contributed by atoms with Gasteiger partial charge in [0.25, 0.3) is 0 Å². The van der Waals surface area contributed by atoms with Crippen molar-refractivity contribution in [2.45, 2.75) is 6.92 Å². The highest BCUT2D eigenvalue weighted by atomic mass is 35.5. The Balaban J connectivity index is 1.92. The lowest BCUT2D eigenvalue weighted by Crippen LogP contribution is -2.41. The summed E-state index contributed by atoms with van der Waals surface area (Å²) in [5.41, 5.74) is -0.0125. The maximum Gasteiger partial charge on any atom is 0.435 e. The number of hydrogen-bond donors (Lipinski definition) is 0. The molecule has 1 heterocycles. The van der Waals surface area contributed by atoms with Gasteiger partial charge in [-0.05, 0) is 36.8 Å². The van der Waals surface area contributed by atoms with Crippen LogP contribution in [0, 0.1) is 5.41 Å². The highest BCUT2D eigenvalue weighted by Crippen LogP contribution is 2.33. The number of para-hydroxylation sites is 1. The van der Waals surface area contributed by atoms with Crippen molar-refractivity contribution in [2.24, 2.45) is 10.5 Å². The van der Waals surface area contributed by atoms with Gasteiger partial charge in [-0.1, -0.05) is 41.9 Å². The predicted molar refractivity (Wildman–Crippen MR) is 97.3 cm³/mol. The number of ether oxygens (including phenoxy) is 2. The fraction of sp³-hybridized carbons (Fsp3) is 0.211. The van der Waals surface area contributed by atoms with Crippen molar-refractivity contribution in [3.05, 3.63) is 65.2 Å². The number of esters is 1. The zero-order valence-electron chi connectivity index (χ0n) is 14.3. The topological polar surface area (TPSA) is 68.2 Å². The van der Waals surface area contributed by atoms with Gasteiger partial charge in [0.2, 0.25) is 0 Å². The van der Waals surface area contributed by atoms with Gasteiger partial charge in [0, 0.05) is 5.02 Å². The molecule has 6 nitrogen and oxygen atoms in total. The van der Waals surface area contributed by atoms with Crippen molar-refractivity contribution in [3.8, 4) is 5.75 Å². The van der Waals surface area contributed by atoms with Gasteiger partial charge in [-0.3, -0.25) is 4.79 Å². The fourth-order valence-electron chi connectivity index (χ4n) is 2.76. The van der Waals surface area contributed by atoms with Crippen molar-refractivity contribution in [1.29, 1.82) is 0 Å². The van der Waals surface area contributed by atoms with Crippen molar-refractivity contribution in [3.63, 3.8) is 0 Å². The molecule has 1 aliphatic heterocycles. The van der Waals surface area contributed by atoms with Gasteiger partial charge in [0.1, 0.15) is 11.2 Å². The molecule has 26 heavy (non-hydrogen) atoms. The summed E-state index contributed by atoms with van der Waals surface area (Å²) < 4.78 is 10.2. The van der Waals surface area contributed by atoms with Crippen LogP contribution in [0.2, 0.25) is 5.02 Å². The number of hydrazone groups is 1. The molecule has 0 radical (unpaired) electrons. The smallest absolute Gasteiger partial charge is 0.435 e. The van der Waals surface area contributed by atoms with E-state index in [-0.39, 0.29) is 6.54 Å². The number of halogens is 1. The number of hydrogen-bond acceptors (Lipinski definition) is 5. The summed E-state index contributed by atoms with van der Waals surface area (Å²) in [5.74, 6) is -0.0892. The van der Waals surface area contributed by atoms with Crippen LogP contribution in [-0.4, -0.2) is 36.4 Å². The Morgan fingerprint density at radius 3 is 2.38 bits per heavy atom. The lowest BCUT2D eigenvalue weighted by Gasteiger charge is -2.23. The van der Waals surface area contributed by atoms with E-state index in [1.54, 1.807) is 55.5 Å². The SMILES string of the molecule is COC(=O)[C@@]1(C)CN(C(=O)Oc2ccccc2)N=C1c1ccc(Cl)cc1. The average Bonchev–Trinajstić information content (AvgIpc) is 3.01. The van der Waals surface area contributed by atoms with Crippen LogP contribution in [0.15, 0.2) is 59.7 Å². The van der Waals surface area contributed by atoms with Crippen molar-refractivity contribution in [2.75, 3.05) is 13.7 Å². The second kappa shape index (κ2) is 7.17. The van der Waals surface area contributed by atoms with E-state index in [2.05, 4.69) is 5.10 Å². The van der Waals surface area contributed by atoms with Crippen LogP contribution in [0.1, 0.15) is 12.5 Å². The summed E-state index contributed by atoms with van der Waals surface area (Å²) >= 11 is 5.93. The van der Waals surface area contributed by atoms with Gasteiger partial charge in [-0.25, -0.2) is 4.79 Å². The minimum Gasteiger partial charge on any atom is -0.468 e. The minimum atomic E-state index is -1.11. The first-order chi connectivity index (χ1) is 12.4. The second-order valence-electron chi connectivity index (χ2n) is 6.02. The minimum absolute atomic E-state index is 0.0172. The first-order valence-electron chi connectivity index (χ1n) is 7.92. The number of carbonyl (C=O) groups excluding carboxylic acids is 2.